The van der Waals surface area contributed by atoms with Gasteiger partial charge in [-0.25, -0.2) is 4.57 Å². The molecule has 0 aromatic rings. The molecule has 0 bridgehead atoms. The predicted molar refractivity (Wildman–Crippen MR) is 369 cm³/mol. The molecule has 494 valence electrons. The van der Waals surface area contributed by atoms with Gasteiger partial charge in [-0.3, -0.25) is 18.6 Å². The van der Waals surface area contributed by atoms with Gasteiger partial charge in [0, 0.05) is 12.8 Å². The van der Waals surface area contributed by atoms with Gasteiger partial charge in [0.15, 0.2) is 0 Å². The van der Waals surface area contributed by atoms with Gasteiger partial charge in [-0.05, 0) is 109 Å². The molecule has 0 fully saturated rings. The highest BCUT2D eigenvalue weighted by molar-refractivity contribution is 7.47. The lowest BCUT2D eigenvalue weighted by Crippen LogP contribution is -2.47. The number of hydrogen-bond acceptors (Lipinski definition) is 6. The van der Waals surface area contributed by atoms with Crippen molar-refractivity contribution < 1.29 is 37.3 Å². The Morgan fingerprint density at radius 1 is 0.412 bits per heavy atom. The Labute approximate surface area is 526 Å². The maximum atomic E-state index is 13.6. The molecule has 9 nitrogen and oxygen atoms in total. The van der Waals surface area contributed by atoms with Gasteiger partial charge < -0.3 is 19.4 Å². The second kappa shape index (κ2) is 64.2. The van der Waals surface area contributed by atoms with Gasteiger partial charge in [0.2, 0.25) is 5.91 Å². The van der Waals surface area contributed by atoms with Crippen molar-refractivity contribution >= 4 is 19.7 Å². The SMILES string of the molecule is CCCCC/C=C\C/C=C\C/C=C\C/C=C\CCCCCCCC(=O)OC(/C=C\CCCCCCCCCCC)C(COP(=O)(O)OCC[N+](C)(C)C)NC(=O)CCCCCCCCCCCCCCCCCCC/C=C\C/C=C\CCCCC. The summed E-state index contributed by atoms with van der Waals surface area (Å²) < 4.78 is 30.8. The third kappa shape index (κ3) is 65.5. The van der Waals surface area contributed by atoms with Gasteiger partial charge >= 0.3 is 13.8 Å². The number of phosphoric ester groups is 1. The Kier molecular flexibility index (Phi) is 62.1. The van der Waals surface area contributed by atoms with E-state index in [1.165, 1.54) is 193 Å². The van der Waals surface area contributed by atoms with E-state index in [0.717, 1.165) is 103 Å². The van der Waals surface area contributed by atoms with Crippen molar-refractivity contribution in [3.63, 3.8) is 0 Å². The van der Waals surface area contributed by atoms with Gasteiger partial charge in [0.05, 0.1) is 33.8 Å². The summed E-state index contributed by atoms with van der Waals surface area (Å²) in [5.41, 5.74) is 0. The molecular weight excluding hydrogens is 1070 g/mol. The van der Waals surface area contributed by atoms with E-state index in [4.69, 9.17) is 13.8 Å². The summed E-state index contributed by atoms with van der Waals surface area (Å²) in [5.74, 6) is -0.519. The lowest BCUT2D eigenvalue weighted by Gasteiger charge is -2.27. The van der Waals surface area contributed by atoms with E-state index in [1.807, 2.05) is 33.3 Å². The van der Waals surface area contributed by atoms with Crippen molar-refractivity contribution in [1.82, 2.24) is 5.32 Å². The molecule has 0 spiro atoms. The molecule has 85 heavy (non-hydrogen) atoms. The fraction of sp³-hybridized carbons (Fsp3) is 0.787. The van der Waals surface area contributed by atoms with Gasteiger partial charge in [-0.2, -0.15) is 0 Å². The number of ether oxygens (including phenoxy) is 1. The standard InChI is InChI=1S/C75H137N2O7P/c1-7-10-13-16-19-22-25-27-29-31-33-35-36-37-38-39-40-42-43-45-47-49-52-55-58-61-64-67-74(78)76-72(71-83-85(80,81)82-70-69-77(4,5)6)73(66-63-60-57-54-51-24-21-18-15-12-9-3)84-75(79)68-65-62-59-56-53-50-48-46-44-41-34-32-30-28-26-23-20-17-14-11-8-2/h19-20,22-23,27-30,34,41,46,48,63,66,72-73H,7-18,21,24-26,31-33,35-40,42-45,47,49-62,64-65,67-71H2,1-6H3,(H-,76,78,80,81)/p+1/b22-19-,23-20-,29-27-,30-28-,41-34-,48-46-,66-63-. The fourth-order valence-corrected chi connectivity index (χ4v) is 11.0. The molecule has 3 unspecified atom stereocenters. The van der Waals surface area contributed by atoms with E-state index in [0.29, 0.717) is 17.4 Å². The number of amides is 1. The van der Waals surface area contributed by atoms with Crippen LogP contribution in [0.5, 0.6) is 0 Å². The van der Waals surface area contributed by atoms with Gasteiger partial charge in [-0.1, -0.05) is 292 Å². The highest BCUT2D eigenvalue weighted by atomic mass is 31.2. The summed E-state index contributed by atoms with van der Waals surface area (Å²) in [6.07, 6.45) is 86.0. The number of carbonyl (C=O) groups is 2. The average molecular weight is 1210 g/mol. The Morgan fingerprint density at radius 3 is 1.09 bits per heavy atom. The maximum Gasteiger partial charge on any atom is 0.472 e. The van der Waals surface area contributed by atoms with Crippen LogP contribution in [0.4, 0.5) is 0 Å². The lowest BCUT2D eigenvalue weighted by molar-refractivity contribution is -0.870. The smallest absolute Gasteiger partial charge is 0.456 e. The number of carbonyl (C=O) groups excluding carboxylic acids is 2. The summed E-state index contributed by atoms with van der Waals surface area (Å²) >= 11 is 0. The molecule has 0 aromatic heterocycles. The fourth-order valence-electron chi connectivity index (χ4n) is 10.2. The number of allylic oxidation sites excluding steroid dienone is 13. The zero-order chi connectivity index (χ0) is 62.1. The van der Waals surface area contributed by atoms with Crippen LogP contribution in [0, 0.1) is 0 Å². The summed E-state index contributed by atoms with van der Waals surface area (Å²) in [5, 5.41) is 3.07. The highest BCUT2D eigenvalue weighted by Crippen LogP contribution is 2.43. The van der Waals surface area contributed by atoms with E-state index < -0.39 is 20.0 Å². The largest absolute Gasteiger partial charge is 0.472 e. The first kappa shape index (κ1) is 82.2. The summed E-state index contributed by atoms with van der Waals surface area (Å²) in [7, 11) is 1.49. The van der Waals surface area contributed by atoms with Gasteiger partial charge in [0.25, 0.3) is 0 Å². The number of hydrogen-bond donors (Lipinski definition) is 2. The van der Waals surface area contributed by atoms with Crippen LogP contribution in [0.25, 0.3) is 0 Å². The first-order valence-electron chi connectivity index (χ1n) is 35.9. The molecule has 1 amide bonds. The summed E-state index contributed by atoms with van der Waals surface area (Å²) in [6, 6.07) is -0.860. The number of nitrogens with zero attached hydrogens (tertiary/aromatic N) is 1. The number of unbranched alkanes of at least 4 members (excludes halogenated alkanes) is 37. The second-order valence-corrected chi connectivity index (χ2v) is 26.9. The van der Waals surface area contributed by atoms with Gasteiger partial charge in [-0.15, -0.1) is 0 Å². The average Bonchev–Trinajstić information content (AvgIpc) is 3.63. The highest BCUT2D eigenvalue weighted by Gasteiger charge is 2.30. The number of phosphoric acid groups is 1. The predicted octanol–water partition coefficient (Wildman–Crippen LogP) is 22.9. The van der Waals surface area contributed by atoms with Gasteiger partial charge in [0.1, 0.15) is 19.3 Å². The maximum absolute atomic E-state index is 13.6. The third-order valence-corrected chi connectivity index (χ3v) is 16.8. The molecule has 0 aromatic carbocycles. The Morgan fingerprint density at radius 2 is 0.718 bits per heavy atom. The molecule has 3 atom stereocenters. The molecule has 0 heterocycles. The van der Waals surface area contributed by atoms with E-state index in [2.05, 4.69) is 99.0 Å². The molecule has 0 radical (unpaired) electrons. The quantitative estimate of drug-likeness (QED) is 0.0205. The molecule has 0 rings (SSSR count). The topological polar surface area (TPSA) is 111 Å². The van der Waals surface area contributed by atoms with Crippen LogP contribution in [0.2, 0.25) is 0 Å². The summed E-state index contributed by atoms with van der Waals surface area (Å²) in [6.45, 7) is 6.97. The molecule has 2 N–H and O–H groups in total. The van der Waals surface area contributed by atoms with Crippen LogP contribution in [-0.2, 0) is 27.9 Å². The molecule has 0 aliphatic rings. The number of quaternary nitrogens is 1. The van der Waals surface area contributed by atoms with Crippen molar-refractivity contribution in [2.24, 2.45) is 0 Å². The Bertz CT molecular complexity index is 1730. The molecule has 0 saturated heterocycles. The molecular formula is C75H138N2O7P+. The minimum absolute atomic E-state index is 0.0350. The third-order valence-electron chi connectivity index (χ3n) is 15.8. The van der Waals surface area contributed by atoms with E-state index in [1.54, 1.807) is 0 Å². The van der Waals surface area contributed by atoms with Crippen molar-refractivity contribution in [3.05, 3.63) is 85.1 Å². The van der Waals surface area contributed by atoms with E-state index >= 15 is 0 Å². The van der Waals surface area contributed by atoms with Crippen LogP contribution in [0.15, 0.2) is 85.1 Å². The number of nitrogens with one attached hydrogen (secondary N) is 1. The van der Waals surface area contributed by atoms with Crippen LogP contribution in [0.1, 0.15) is 329 Å². The summed E-state index contributed by atoms with van der Waals surface area (Å²) in [4.78, 5) is 37.9. The Balaban J connectivity index is 5.01. The zero-order valence-electron chi connectivity index (χ0n) is 56.6. The minimum atomic E-state index is -4.46. The number of likely N-dealkylation sites (N-methyl/N-ethyl adjacent to an activating group) is 1. The van der Waals surface area contributed by atoms with Crippen molar-refractivity contribution in [1.29, 1.82) is 0 Å². The van der Waals surface area contributed by atoms with Crippen LogP contribution < -0.4 is 5.32 Å². The molecule has 0 saturated carbocycles. The second-order valence-electron chi connectivity index (χ2n) is 25.4. The van der Waals surface area contributed by atoms with E-state index in [-0.39, 0.29) is 31.5 Å². The van der Waals surface area contributed by atoms with E-state index in [9.17, 15) is 19.0 Å². The molecule has 0 aliphatic heterocycles. The minimum Gasteiger partial charge on any atom is -0.456 e. The van der Waals surface area contributed by atoms with Crippen molar-refractivity contribution in [3.8, 4) is 0 Å². The lowest BCUT2D eigenvalue weighted by atomic mass is 10.0. The van der Waals surface area contributed by atoms with Crippen LogP contribution >= 0.6 is 7.82 Å². The first-order chi connectivity index (χ1) is 41.4. The van der Waals surface area contributed by atoms with Crippen molar-refractivity contribution in [2.75, 3.05) is 40.9 Å². The van der Waals surface area contributed by atoms with Crippen LogP contribution in [-0.4, -0.2) is 74.3 Å². The number of esters is 1. The van der Waals surface area contributed by atoms with Crippen molar-refractivity contribution in [2.45, 2.75) is 341 Å². The first-order valence-corrected chi connectivity index (χ1v) is 37.4. The van der Waals surface area contributed by atoms with Crippen LogP contribution in [0.3, 0.4) is 0 Å². The monoisotopic (exact) mass is 1210 g/mol. The number of rotatable bonds is 65. The molecule has 10 heteroatoms. The Hall–Kier alpha value is -2.81. The zero-order valence-corrected chi connectivity index (χ0v) is 57.5. The normalized spacial score (nSPS) is 14.0. The molecule has 0 aliphatic carbocycles.